The van der Waals surface area contributed by atoms with E-state index in [1.54, 1.807) is 0 Å². The fourth-order valence-electron chi connectivity index (χ4n) is 2.21. The largest absolute Gasteiger partial charge is 0.312 e. The Hall–Kier alpha value is -1.08. The van der Waals surface area contributed by atoms with E-state index in [0.717, 1.165) is 19.4 Å². The van der Waals surface area contributed by atoms with Crippen LogP contribution in [0.5, 0.6) is 0 Å². The SMILES string of the molecule is C=CCCCCCNC(C)(C)CCc1ccccc1. The zero-order valence-electron chi connectivity index (χ0n) is 12.6. The third-order valence-electron chi connectivity index (χ3n) is 3.57. The van der Waals surface area contributed by atoms with Gasteiger partial charge in [0.05, 0.1) is 0 Å². The second kappa shape index (κ2) is 8.92. The average molecular weight is 259 g/mol. The predicted molar refractivity (Wildman–Crippen MR) is 85.5 cm³/mol. The van der Waals surface area contributed by atoms with Crippen molar-refractivity contribution < 1.29 is 0 Å². The van der Waals surface area contributed by atoms with Crippen LogP contribution in [0.4, 0.5) is 0 Å². The van der Waals surface area contributed by atoms with Gasteiger partial charge in [0.1, 0.15) is 0 Å². The molecule has 1 N–H and O–H groups in total. The van der Waals surface area contributed by atoms with Crippen molar-refractivity contribution in [2.45, 2.75) is 57.9 Å². The van der Waals surface area contributed by atoms with Crippen LogP contribution in [-0.2, 0) is 6.42 Å². The summed E-state index contributed by atoms with van der Waals surface area (Å²) in [5, 5.41) is 3.68. The Morgan fingerprint density at radius 1 is 1.11 bits per heavy atom. The van der Waals surface area contributed by atoms with Crippen LogP contribution < -0.4 is 5.32 Å². The van der Waals surface area contributed by atoms with E-state index in [9.17, 15) is 0 Å². The second-order valence-electron chi connectivity index (χ2n) is 5.93. The highest BCUT2D eigenvalue weighted by Crippen LogP contribution is 2.13. The van der Waals surface area contributed by atoms with E-state index in [-0.39, 0.29) is 5.54 Å². The van der Waals surface area contributed by atoms with E-state index in [4.69, 9.17) is 0 Å². The molecule has 1 heteroatoms. The number of aryl methyl sites for hydroxylation is 1. The number of hydrogen-bond acceptors (Lipinski definition) is 1. The first-order valence-electron chi connectivity index (χ1n) is 7.54. The van der Waals surface area contributed by atoms with Gasteiger partial charge in [0.25, 0.3) is 0 Å². The maximum atomic E-state index is 3.76. The van der Waals surface area contributed by atoms with Crippen LogP contribution in [0.3, 0.4) is 0 Å². The molecule has 0 bridgehead atoms. The monoisotopic (exact) mass is 259 g/mol. The Morgan fingerprint density at radius 2 is 1.84 bits per heavy atom. The average Bonchev–Trinajstić information content (AvgIpc) is 2.42. The van der Waals surface area contributed by atoms with Gasteiger partial charge in [-0.3, -0.25) is 0 Å². The summed E-state index contributed by atoms with van der Waals surface area (Å²) in [6, 6.07) is 10.7. The van der Waals surface area contributed by atoms with Crippen molar-refractivity contribution in [3.8, 4) is 0 Å². The standard InChI is InChI=1S/C18H29N/c1-4-5-6-7-11-16-19-18(2,3)15-14-17-12-9-8-10-13-17/h4,8-10,12-13,19H,1,5-7,11,14-16H2,2-3H3. The van der Waals surface area contributed by atoms with E-state index < -0.39 is 0 Å². The van der Waals surface area contributed by atoms with Crippen molar-refractivity contribution in [2.24, 2.45) is 0 Å². The molecule has 0 aliphatic rings. The lowest BCUT2D eigenvalue weighted by molar-refractivity contribution is 0.358. The van der Waals surface area contributed by atoms with E-state index in [2.05, 4.69) is 56.1 Å². The van der Waals surface area contributed by atoms with E-state index in [0.29, 0.717) is 0 Å². The minimum absolute atomic E-state index is 0.230. The fourth-order valence-corrected chi connectivity index (χ4v) is 2.21. The number of rotatable bonds is 10. The Balaban J connectivity index is 2.15. The molecule has 0 aromatic heterocycles. The molecule has 0 fully saturated rings. The summed E-state index contributed by atoms with van der Waals surface area (Å²) >= 11 is 0. The van der Waals surface area contributed by atoms with Crippen molar-refractivity contribution in [3.05, 3.63) is 48.6 Å². The van der Waals surface area contributed by atoms with Crippen LogP contribution in [0.15, 0.2) is 43.0 Å². The van der Waals surface area contributed by atoms with E-state index in [1.807, 2.05) is 6.08 Å². The maximum absolute atomic E-state index is 3.76. The minimum atomic E-state index is 0.230. The number of nitrogens with one attached hydrogen (secondary N) is 1. The molecule has 106 valence electrons. The summed E-state index contributed by atoms with van der Waals surface area (Å²) in [4.78, 5) is 0. The van der Waals surface area contributed by atoms with Gasteiger partial charge in [-0.15, -0.1) is 6.58 Å². The molecule has 0 amide bonds. The van der Waals surface area contributed by atoms with Gasteiger partial charge in [-0.25, -0.2) is 0 Å². The number of hydrogen-bond donors (Lipinski definition) is 1. The van der Waals surface area contributed by atoms with Crippen molar-refractivity contribution >= 4 is 0 Å². The summed E-state index contributed by atoms with van der Waals surface area (Å²) < 4.78 is 0. The Morgan fingerprint density at radius 3 is 2.53 bits per heavy atom. The smallest absolute Gasteiger partial charge is 0.0128 e. The van der Waals surface area contributed by atoms with Gasteiger partial charge in [-0.2, -0.15) is 0 Å². The Labute approximate surface area is 119 Å². The van der Waals surface area contributed by atoms with Crippen LogP contribution in [0.1, 0.15) is 51.5 Å². The summed E-state index contributed by atoms with van der Waals surface area (Å²) in [7, 11) is 0. The van der Waals surface area contributed by atoms with Gasteiger partial charge in [-0.05, 0) is 58.1 Å². The Bertz CT molecular complexity index is 340. The normalized spacial score (nSPS) is 11.5. The summed E-state index contributed by atoms with van der Waals surface area (Å²) in [6.45, 7) is 9.49. The first-order valence-corrected chi connectivity index (χ1v) is 7.54. The highest BCUT2D eigenvalue weighted by Gasteiger charge is 2.15. The van der Waals surface area contributed by atoms with Crippen LogP contribution >= 0.6 is 0 Å². The molecular formula is C18H29N. The maximum Gasteiger partial charge on any atom is 0.0128 e. The summed E-state index contributed by atoms with van der Waals surface area (Å²) in [5.74, 6) is 0. The van der Waals surface area contributed by atoms with Crippen molar-refractivity contribution in [3.63, 3.8) is 0 Å². The third-order valence-corrected chi connectivity index (χ3v) is 3.57. The molecule has 1 rings (SSSR count). The quantitative estimate of drug-likeness (QED) is 0.473. The first-order chi connectivity index (χ1) is 9.14. The lowest BCUT2D eigenvalue weighted by Crippen LogP contribution is -2.40. The summed E-state index contributed by atoms with van der Waals surface area (Å²) in [5.41, 5.74) is 1.66. The van der Waals surface area contributed by atoms with Gasteiger partial charge in [0.15, 0.2) is 0 Å². The van der Waals surface area contributed by atoms with Gasteiger partial charge in [0, 0.05) is 5.54 Å². The second-order valence-corrected chi connectivity index (χ2v) is 5.93. The molecule has 0 unspecified atom stereocenters. The van der Waals surface area contributed by atoms with E-state index in [1.165, 1.54) is 31.2 Å². The molecule has 1 nitrogen and oxygen atoms in total. The molecule has 0 heterocycles. The number of benzene rings is 1. The lowest BCUT2D eigenvalue weighted by atomic mass is 9.95. The molecule has 0 radical (unpaired) electrons. The molecule has 19 heavy (non-hydrogen) atoms. The minimum Gasteiger partial charge on any atom is -0.312 e. The molecule has 0 aliphatic carbocycles. The van der Waals surface area contributed by atoms with Crippen LogP contribution in [-0.4, -0.2) is 12.1 Å². The van der Waals surface area contributed by atoms with Crippen LogP contribution in [0.2, 0.25) is 0 Å². The highest BCUT2D eigenvalue weighted by atomic mass is 14.9. The summed E-state index contributed by atoms with van der Waals surface area (Å²) in [6.07, 6.45) is 9.33. The van der Waals surface area contributed by atoms with Gasteiger partial charge in [-0.1, -0.05) is 42.8 Å². The van der Waals surface area contributed by atoms with E-state index >= 15 is 0 Å². The molecule has 0 spiro atoms. The topological polar surface area (TPSA) is 12.0 Å². The zero-order chi connectivity index (χ0) is 14.0. The zero-order valence-corrected chi connectivity index (χ0v) is 12.6. The van der Waals surface area contributed by atoms with Gasteiger partial charge < -0.3 is 5.32 Å². The lowest BCUT2D eigenvalue weighted by Gasteiger charge is -2.26. The molecule has 1 aromatic rings. The molecule has 1 aromatic carbocycles. The van der Waals surface area contributed by atoms with Crippen LogP contribution in [0.25, 0.3) is 0 Å². The number of unbranched alkanes of at least 4 members (excludes halogenated alkanes) is 3. The van der Waals surface area contributed by atoms with Crippen molar-refractivity contribution in [1.29, 1.82) is 0 Å². The fraction of sp³-hybridized carbons (Fsp3) is 0.556. The van der Waals surface area contributed by atoms with Crippen molar-refractivity contribution in [2.75, 3.05) is 6.54 Å². The highest BCUT2D eigenvalue weighted by molar-refractivity contribution is 5.15. The van der Waals surface area contributed by atoms with Gasteiger partial charge in [0.2, 0.25) is 0 Å². The molecule has 0 saturated heterocycles. The third kappa shape index (κ3) is 7.84. The van der Waals surface area contributed by atoms with Gasteiger partial charge >= 0.3 is 0 Å². The molecular weight excluding hydrogens is 230 g/mol. The first kappa shape index (κ1) is 16.0. The Kier molecular flexibility index (Phi) is 7.50. The number of allylic oxidation sites excluding steroid dienone is 1. The van der Waals surface area contributed by atoms with Crippen LogP contribution in [0, 0.1) is 0 Å². The predicted octanol–water partition coefficient (Wildman–Crippen LogP) is 4.73. The molecule has 0 atom stereocenters. The van der Waals surface area contributed by atoms with Crippen molar-refractivity contribution in [1.82, 2.24) is 5.32 Å². The molecule has 0 aliphatic heterocycles. The molecule has 0 saturated carbocycles.